The van der Waals surface area contributed by atoms with Crippen molar-refractivity contribution in [3.63, 3.8) is 0 Å². The predicted octanol–water partition coefficient (Wildman–Crippen LogP) is 2.76. The fourth-order valence-corrected chi connectivity index (χ4v) is 2.34. The van der Waals surface area contributed by atoms with Gasteiger partial charge in [0, 0.05) is 29.9 Å². The molecule has 0 aromatic heterocycles. The first-order chi connectivity index (χ1) is 8.99. The second-order valence-electron chi connectivity index (χ2n) is 4.06. The van der Waals surface area contributed by atoms with Crippen molar-refractivity contribution in [2.45, 2.75) is 17.7 Å². The molecule has 104 valence electrons. The molecule has 4 nitrogen and oxygen atoms in total. The monoisotopic (exact) mass is 301 g/mol. The smallest absolute Gasteiger partial charge is 0.303 e. The van der Waals surface area contributed by atoms with Gasteiger partial charge in [0.1, 0.15) is 0 Å². The van der Waals surface area contributed by atoms with Gasteiger partial charge in [0.2, 0.25) is 5.91 Å². The molecule has 0 aliphatic rings. The highest BCUT2D eigenvalue weighted by Gasteiger charge is 2.09. The van der Waals surface area contributed by atoms with Gasteiger partial charge in [-0.15, -0.1) is 11.8 Å². The Bertz CT molecular complexity index is 436. The summed E-state index contributed by atoms with van der Waals surface area (Å²) in [6.45, 7) is 0.465. The Morgan fingerprint density at radius 1 is 1.32 bits per heavy atom. The number of hydrogen-bond acceptors (Lipinski definition) is 3. The van der Waals surface area contributed by atoms with Crippen molar-refractivity contribution in [1.82, 2.24) is 4.90 Å². The number of rotatable bonds is 7. The molecule has 0 unspecified atom stereocenters. The molecule has 1 aromatic carbocycles. The lowest BCUT2D eigenvalue weighted by molar-refractivity contribution is -0.137. The lowest BCUT2D eigenvalue weighted by Crippen LogP contribution is -2.29. The lowest BCUT2D eigenvalue weighted by atomic mass is 10.3. The highest BCUT2D eigenvalue weighted by molar-refractivity contribution is 8.00. The van der Waals surface area contributed by atoms with Crippen LogP contribution in [-0.4, -0.2) is 41.2 Å². The number of carbonyl (C=O) groups is 2. The molecule has 0 aliphatic carbocycles. The van der Waals surface area contributed by atoms with Gasteiger partial charge < -0.3 is 10.0 Å². The third kappa shape index (κ3) is 6.50. The number of carboxylic acids is 1. The number of benzene rings is 1. The Balaban J connectivity index is 2.30. The molecule has 1 rings (SSSR count). The van der Waals surface area contributed by atoms with E-state index in [1.165, 1.54) is 11.8 Å². The molecular formula is C13H16ClNO3S. The van der Waals surface area contributed by atoms with Gasteiger partial charge in [-0.1, -0.05) is 11.6 Å². The van der Waals surface area contributed by atoms with Gasteiger partial charge in [-0.05, 0) is 30.7 Å². The van der Waals surface area contributed by atoms with E-state index < -0.39 is 5.97 Å². The third-order valence-corrected chi connectivity index (χ3v) is 3.73. The molecule has 6 heteroatoms. The normalized spacial score (nSPS) is 10.2. The summed E-state index contributed by atoms with van der Waals surface area (Å²) in [7, 11) is 1.69. The summed E-state index contributed by atoms with van der Waals surface area (Å²) in [5.74, 6) is -0.507. The minimum atomic E-state index is -0.837. The Hall–Kier alpha value is -1.20. The second-order valence-corrected chi connectivity index (χ2v) is 5.54. The number of aliphatic carboxylic acids is 1. The van der Waals surface area contributed by atoms with Crippen molar-refractivity contribution in [1.29, 1.82) is 0 Å². The highest BCUT2D eigenvalue weighted by Crippen LogP contribution is 2.20. The quantitative estimate of drug-likeness (QED) is 0.787. The summed E-state index contributed by atoms with van der Waals surface area (Å²) in [5, 5.41) is 9.19. The topological polar surface area (TPSA) is 57.6 Å². The van der Waals surface area contributed by atoms with E-state index in [1.54, 1.807) is 24.1 Å². The molecule has 0 spiro atoms. The average Bonchev–Trinajstić information content (AvgIpc) is 2.37. The van der Waals surface area contributed by atoms with Crippen LogP contribution in [-0.2, 0) is 9.59 Å². The van der Waals surface area contributed by atoms with Crippen LogP contribution in [0.3, 0.4) is 0 Å². The van der Waals surface area contributed by atoms with Crippen LogP contribution >= 0.6 is 23.4 Å². The molecule has 0 fully saturated rings. The van der Waals surface area contributed by atoms with E-state index in [-0.39, 0.29) is 12.3 Å². The number of carboxylic acid groups (broad SMARTS) is 1. The predicted molar refractivity (Wildman–Crippen MR) is 76.7 cm³/mol. The Morgan fingerprint density at radius 3 is 2.53 bits per heavy atom. The molecule has 0 atom stereocenters. The van der Waals surface area contributed by atoms with Crippen molar-refractivity contribution in [2.24, 2.45) is 0 Å². The molecule has 1 amide bonds. The highest BCUT2D eigenvalue weighted by atomic mass is 35.5. The largest absolute Gasteiger partial charge is 0.481 e. The van der Waals surface area contributed by atoms with Crippen LogP contribution in [0.15, 0.2) is 29.2 Å². The van der Waals surface area contributed by atoms with Crippen LogP contribution in [0.4, 0.5) is 0 Å². The van der Waals surface area contributed by atoms with E-state index in [4.69, 9.17) is 16.7 Å². The van der Waals surface area contributed by atoms with Gasteiger partial charge in [0.25, 0.3) is 0 Å². The van der Waals surface area contributed by atoms with Gasteiger partial charge >= 0.3 is 5.97 Å². The van der Waals surface area contributed by atoms with Gasteiger partial charge in [0.15, 0.2) is 0 Å². The van der Waals surface area contributed by atoms with Crippen molar-refractivity contribution in [3.05, 3.63) is 29.3 Å². The minimum absolute atomic E-state index is 0.00895. The molecule has 19 heavy (non-hydrogen) atoms. The molecule has 0 aliphatic heterocycles. The zero-order valence-corrected chi connectivity index (χ0v) is 12.2. The first-order valence-electron chi connectivity index (χ1n) is 5.83. The summed E-state index contributed by atoms with van der Waals surface area (Å²) in [6, 6.07) is 7.30. The van der Waals surface area contributed by atoms with Crippen LogP contribution in [0.1, 0.15) is 12.8 Å². The maximum atomic E-state index is 11.8. The van der Waals surface area contributed by atoms with Crippen LogP contribution in [0, 0.1) is 0 Å². The summed E-state index contributed by atoms with van der Waals surface area (Å²) < 4.78 is 0. The van der Waals surface area contributed by atoms with Gasteiger partial charge in [-0.3, -0.25) is 9.59 Å². The zero-order valence-electron chi connectivity index (χ0n) is 10.6. The minimum Gasteiger partial charge on any atom is -0.481 e. The van der Waals surface area contributed by atoms with Crippen LogP contribution in [0.25, 0.3) is 0 Å². The standard InChI is InChI=1S/C13H16ClNO3S/c1-15(8-2-3-13(17)18)12(16)9-19-11-6-4-10(14)5-7-11/h4-7H,2-3,8-9H2,1H3,(H,17,18). The number of amides is 1. The number of nitrogens with zero attached hydrogens (tertiary/aromatic N) is 1. The van der Waals surface area contributed by atoms with E-state index in [0.717, 1.165) is 4.90 Å². The average molecular weight is 302 g/mol. The molecule has 0 bridgehead atoms. The fraction of sp³-hybridized carbons (Fsp3) is 0.385. The summed E-state index contributed by atoms with van der Waals surface area (Å²) in [6.07, 6.45) is 0.561. The number of hydrogen-bond donors (Lipinski definition) is 1. The SMILES string of the molecule is CN(CCCC(=O)O)C(=O)CSc1ccc(Cl)cc1. The van der Waals surface area contributed by atoms with Crippen molar-refractivity contribution >= 4 is 35.2 Å². The Morgan fingerprint density at radius 2 is 1.95 bits per heavy atom. The second kappa shape index (κ2) is 8.07. The third-order valence-electron chi connectivity index (χ3n) is 2.49. The van der Waals surface area contributed by atoms with E-state index in [2.05, 4.69) is 0 Å². The molecule has 1 aromatic rings. The maximum Gasteiger partial charge on any atom is 0.303 e. The van der Waals surface area contributed by atoms with E-state index in [9.17, 15) is 9.59 Å². The molecule has 1 N–H and O–H groups in total. The van der Waals surface area contributed by atoms with Gasteiger partial charge in [-0.25, -0.2) is 0 Å². The van der Waals surface area contributed by atoms with E-state index in [1.807, 2.05) is 12.1 Å². The number of halogens is 1. The zero-order chi connectivity index (χ0) is 14.3. The maximum absolute atomic E-state index is 11.8. The number of thioether (sulfide) groups is 1. The summed E-state index contributed by atoms with van der Waals surface area (Å²) in [5.41, 5.74) is 0. The molecule has 0 radical (unpaired) electrons. The van der Waals surface area contributed by atoms with Crippen molar-refractivity contribution in [3.8, 4) is 0 Å². The van der Waals surface area contributed by atoms with Crippen molar-refractivity contribution in [2.75, 3.05) is 19.3 Å². The molecule has 0 saturated heterocycles. The summed E-state index contributed by atoms with van der Waals surface area (Å²) >= 11 is 7.21. The Labute approximate surface area is 121 Å². The first kappa shape index (κ1) is 15.9. The van der Waals surface area contributed by atoms with Crippen LogP contribution in [0.2, 0.25) is 5.02 Å². The molecule has 0 heterocycles. The van der Waals surface area contributed by atoms with Gasteiger partial charge in [-0.2, -0.15) is 0 Å². The number of carbonyl (C=O) groups excluding carboxylic acids is 1. The van der Waals surface area contributed by atoms with Crippen molar-refractivity contribution < 1.29 is 14.7 Å². The first-order valence-corrected chi connectivity index (χ1v) is 7.19. The van der Waals surface area contributed by atoms with Crippen LogP contribution < -0.4 is 0 Å². The summed E-state index contributed by atoms with van der Waals surface area (Å²) in [4.78, 5) is 24.7. The van der Waals surface area contributed by atoms with Gasteiger partial charge in [0.05, 0.1) is 5.75 Å². The van der Waals surface area contributed by atoms with Crippen LogP contribution in [0.5, 0.6) is 0 Å². The van der Waals surface area contributed by atoms with E-state index in [0.29, 0.717) is 23.7 Å². The van der Waals surface area contributed by atoms with E-state index >= 15 is 0 Å². The molecule has 0 saturated carbocycles. The lowest BCUT2D eigenvalue weighted by Gasteiger charge is -2.16. The Kier molecular flexibility index (Phi) is 6.73. The molecular weight excluding hydrogens is 286 g/mol. The fourth-order valence-electron chi connectivity index (χ4n) is 1.38.